The Kier molecular flexibility index (Phi) is 12.0. The molecule has 134 valence electrons. The van der Waals surface area contributed by atoms with Crippen LogP contribution in [0, 0.1) is 0 Å². The van der Waals surface area contributed by atoms with Crippen LogP contribution in [-0.2, 0) is 20.0 Å². The predicted molar refractivity (Wildman–Crippen MR) is 101 cm³/mol. The van der Waals surface area contributed by atoms with Gasteiger partial charge in [0.2, 0.25) is 0 Å². The number of hydrogen-bond donors (Lipinski definition) is 0. The fourth-order valence-electron chi connectivity index (χ4n) is 3.38. The number of hydrogen-bond acceptors (Lipinski definition) is 0. The van der Waals surface area contributed by atoms with Crippen molar-refractivity contribution in [3.05, 3.63) is 18.2 Å². The monoisotopic (exact) mass is 321 g/mol. The molecule has 0 radical (unpaired) electrons. The molecule has 0 unspecified atom stereocenters. The van der Waals surface area contributed by atoms with Gasteiger partial charge in [-0.15, -0.1) is 0 Å². The predicted octanol–water partition coefficient (Wildman–Crippen LogP) is 5.97. The number of unbranched alkanes of at least 4 members (excludes halogenated alkanes) is 11. The SMILES string of the molecule is CCCCCCCCCCn1cc[n+](C)c1CCCCCCC. The molecule has 0 atom stereocenters. The van der Waals surface area contributed by atoms with Crippen molar-refractivity contribution >= 4 is 0 Å². The van der Waals surface area contributed by atoms with Crippen molar-refractivity contribution in [2.75, 3.05) is 0 Å². The summed E-state index contributed by atoms with van der Waals surface area (Å²) >= 11 is 0. The Morgan fingerprint density at radius 1 is 0.739 bits per heavy atom. The average Bonchev–Trinajstić information content (AvgIpc) is 2.90. The number of imidazole rings is 1. The largest absolute Gasteiger partial charge is 0.256 e. The van der Waals surface area contributed by atoms with Crippen molar-refractivity contribution in [3.63, 3.8) is 0 Å². The van der Waals surface area contributed by atoms with E-state index in [9.17, 15) is 0 Å². The van der Waals surface area contributed by atoms with Crippen LogP contribution in [0.15, 0.2) is 12.4 Å². The molecular formula is C21H41N2+. The van der Waals surface area contributed by atoms with Gasteiger partial charge in [0.15, 0.2) is 0 Å². The highest BCUT2D eigenvalue weighted by molar-refractivity contribution is 4.84. The fraction of sp³-hybridized carbons (Fsp3) is 0.857. The van der Waals surface area contributed by atoms with Gasteiger partial charge in [-0.05, 0) is 19.3 Å². The highest BCUT2D eigenvalue weighted by Crippen LogP contribution is 2.11. The first kappa shape index (κ1) is 20.3. The molecular weight excluding hydrogens is 280 g/mol. The van der Waals surface area contributed by atoms with E-state index in [-0.39, 0.29) is 0 Å². The maximum Gasteiger partial charge on any atom is 0.256 e. The van der Waals surface area contributed by atoms with E-state index in [1.165, 1.54) is 102 Å². The molecule has 0 N–H and O–H groups in total. The van der Waals surface area contributed by atoms with Crippen molar-refractivity contribution in [2.45, 2.75) is 110 Å². The number of aromatic nitrogens is 2. The summed E-state index contributed by atoms with van der Waals surface area (Å²) in [6.07, 6.45) is 23.8. The lowest BCUT2D eigenvalue weighted by atomic mass is 10.1. The van der Waals surface area contributed by atoms with E-state index in [4.69, 9.17) is 0 Å². The first-order valence-electron chi connectivity index (χ1n) is 10.3. The van der Waals surface area contributed by atoms with Gasteiger partial charge in [-0.1, -0.05) is 78.1 Å². The van der Waals surface area contributed by atoms with Crippen molar-refractivity contribution in [3.8, 4) is 0 Å². The molecule has 2 heteroatoms. The van der Waals surface area contributed by atoms with E-state index in [0.717, 1.165) is 0 Å². The van der Waals surface area contributed by atoms with Crippen LogP contribution < -0.4 is 4.57 Å². The van der Waals surface area contributed by atoms with Gasteiger partial charge in [0.05, 0.1) is 13.6 Å². The average molecular weight is 322 g/mol. The van der Waals surface area contributed by atoms with Crippen LogP contribution in [0.3, 0.4) is 0 Å². The maximum absolute atomic E-state index is 2.50. The van der Waals surface area contributed by atoms with Crippen LogP contribution in [0.4, 0.5) is 0 Å². The van der Waals surface area contributed by atoms with Gasteiger partial charge in [0.1, 0.15) is 12.4 Å². The Labute approximate surface area is 145 Å². The lowest BCUT2D eigenvalue weighted by molar-refractivity contribution is -0.678. The van der Waals surface area contributed by atoms with Crippen molar-refractivity contribution in [2.24, 2.45) is 7.05 Å². The van der Waals surface area contributed by atoms with Crippen molar-refractivity contribution < 1.29 is 4.57 Å². The normalized spacial score (nSPS) is 11.3. The summed E-state index contributed by atoms with van der Waals surface area (Å²) in [5.41, 5.74) is 0. The van der Waals surface area contributed by atoms with Crippen LogP contribution in [-0.4, -0.2) is 4.57 Å². The third-order valence-corrected chi connectivity index (χ3v) is 4.97. The standard InChI is InChI=1S/C21H41N2/c1-4-6-8-10-11-12-14-16-18-23-20-19-22(3)21(23)17-15-13-9-7-5-2/h19-20H,4-18H2,1-3H3/q+1. The number of rotatable bonds is 15. The van der Waals surface area contributed by atoms with Crippen molar-refractivity contribution in [1.29, 1.82) is 0 Å². The van der Waals surface area contributed by atoms with Gasteiger partial charge in [0.25, 0.3) is 5.82 Å². The molecule has 0 aliphatic heterocycles. The zero-order valence-electron chi connectivity index (χ0n) is 16.2. The van der Waals surface area contributed by atoms with E-state index >= 15 is 0 Å². The second-order valence-corrected chi connectivity index (χ2v) is 7.16. The van der Waals surface area contributed by atoms with Gasteiger partial charge in [0, 0.05) is 6.42 Å². The molecule has 23 heavy (non-hydrogen) atoms. The molecule has 0 saturated heterocycles. The Morgan fingerprint density at radius 3 is 1.87 bits per heavy atom. The van der Waals surface area contributed by atoms with Gasteiger partial charge < -0.3 is 0 Å². The van der Waals surface area contributed by atoms with E-state index in [1.54, 1.807) is 0 Å². The van der Waals surface area contributed by atoms with Crippen LogP contribution >= 0.6 is 0 Å². The van der Waals surface area contributed by atoms with Crippen LogP contribution in [0.25, 0.3) is 0 Å². The summed E-state index contributed by atoms with van der Waals surface area (Å²) in [5, 5.41) is 0. The summed E-state index contributed by atoms with van der Waals surface area (Å²) in [6.45, 7) is 5.79. The zero-order valence-corrected chi connectivity index (χ0v) is 16.2. The number of nitrogens with zero attached hydrogens (tertiary/aromatic N) is 2. The zero-order chi connectivity index (χ0) is 16.8. The van der Waals surface area contributed by atoms with E-state index in [1.807, 2.05) is 0 Å². The first-order valence-corrected chi connectivity index (χ1v) is 10.3. The fourth-order valence-corrected chi connectivity index (χ4v) is 3.38. The molecule has 1 aromatic heterocycles. The van der Waals surface area contributed by atoms with Crippen molar-refractivity contribution in [1.82, 2.24) is 4.57 Å². The quantitative estimate of drug-likeness (QED) is 0.278. The van der Waals surface area contributed by atoms with E-state index in [2.05, 4.69) is 42.4 Å². The smallest absolute Gasteiger partial charge is 0.237 e. The van der Waals surface area contributed by atoms with E-state index in [0.29, 0.717) is 0 Å². The number of aryl methyl sites for hydroxylation is 2. The molecule has 0 aliphatic carbocycles. The summed E-state index contributed by atoms with van der Waals surface area (Å²) in [5.74, 6) is 1.52. The molecule has 1 heterocycles. The van der Waals surface area contributed by atoms with Gasteiger partial charge >= 0.3 is 0 Å². The lowest BCUT2D eigenvalue weighted by Crippen LogP contribution is -2.32. The molecule has 0 amide bonds. The molecule has 1 aromatic rings. The Balaban J connectivity index is 2.16. The third-order valence-electron chi connectivity index (χ3n) is 4.97. The van der Waals surface area contributed by atoms with Crippen LogP contribution in [0.1, 0.15) is 103 Å². The second-order valence-electron chi connectivity index (χ2n) is 7.16. The minimum Gasteiger partial charge on any atom is -0.237 e. The Bertz CT molecular complexity index is 381. The van der Waals surface area contributed by atoms with Crippen LogP contribution in [0.2, 0.25) is 0 Å². The van der Waals surface area contributed by atoms with Gasteiger partial charge in [-0.3, -0.25) is 0 Å². The molecule has 0 spiro atoms. The molecule has 0 aliphatic rings. The minimum absolute atomic E-state index is 1.21. The van der Waals surface area contributed by atoms with Crippen LogP contribution in [0.5, 0.6) is 0 Å². The minimum atomic E-state index is 1.21. The first-order chi connectivity index (χ1) is 11.3. The maximum atomic E-state index is 2.50. The summed E-state index contributed by atoms with van der Waals surface area (Å²) in [6, 6.07) is 0. The highest BCUT2D eigenvalue weighted by Gasteiger charge is 2.13. The molecule has 2 nitrogen and oxygen atoms in total. The highest BCUT2D eigenvalue weighted by atomic mass is 15.1. The summed E-state index contributed by atoms with van der Waals surface area (Å²) in [7, 11) is 2.20. The topological polar surface area (TPSA) is 8.81 Å². The Morgan fingerprint density at radius 2 is 1.26 bits per heavy atom. The molecule has 0 aromatic carbocycles. The third kappa shape index (κ3) is 9.17. The van der Waals surface area contributed by atoms with Gasteiger partial charge in [-0.2, -0.15) is 0 Å². The van der Waals surface area contributed by atoms with E-state index < -0.39 is 0 Å². The summed E-state index contributed by atoms with van der Waals surface area (Å²) in [4.78, 5) is 0. The van der Waals surface area contributed by atoms with Gasteiger partial charge in [-0.25, -0.2) is 9.13 Å². The lowest BCUT2D eigenvalue weighted by Gasteiger charge is -2.04. The molecule has 0 bridgehead atoms. The summed E-state index contributed by atoms with van der Waals surface area (Å²) < 4.78 is 4.82. The Hall–Kier alpha value is -0.790. The second kappa shape index (κ2) is 13.6. The molecule has 0 saturated carbocycles. The molecule has 0 fully saturated rings. The molecule has 1 rings (SSSR count).